The fraction of sp³-hybridized carbons (Fsp3) is 0.250. The number of nitrogens with zero attached hydrogens (tertiary/aromatic N) is 2. The molecule has 1 heterocycles. The fourth-order valence-electron chi connectivity index (χ4n) is 1.67. The van der Waals surface area contributed by atoms with Crippen LogP contribution < -0.4 is 4.72 Å². The van der Waals surface area contributed by atoms with Gasteiger partial charge >= 0.3 is 0 Å². The van der Waals surface area contributed by atoms with Crippen molar-refractivity contribution >= 4 is 26.5 Å². The summed E-state index contributed by atoms with van der Waals surface area (Å²) >= 11 is 0. The number of sulfonamides is 1. The molecule has 1 N–H and O–H groups in total. The van der Waals surface area contributed by atoms with E-state index in [0.29, 0.717) is 6.54 Å². The molecule has 0 bridgehead atoms. The molecule has 9 heteroatoms. The summed E-state index contributed by atoms with van der Waals surface area (Å²) in [5.74, 6) is -0.722. The normalized spacial score (nSPS) is 13.1. The Bertz CT molecular complexity index is 787. The van der Waals surface area contributed by atoms with E-state index in [2.05, 4.69) is 9.82 Å². The van der Waals surface area contributed by atoms with Gasteiger partial charge in [0.2, 0.25) is 0 Å². The molecule has 6 nitrogen and oxygen atoms in total. The Hall–Kier alpha value is -1.74. The van der Waals surface area contributed by atoms with E-state index in [1.54, 1.807) is 0 Å². The largest absolute Gasteiger partial charge is 0.279 e. The highest BCUT2D eigenvalue weighted by Gasteiger charge is 2.17. The molecule has 1 atom stereocenters. The van der Waals surface area contributed by atoms with Gasteiger partial charge < -0.3 is 0 Å². The molecule has 0 fully saturated rings. The van der Waals surface area contributed by atoms with Gasteiger partial charge in [0, 0.05) is 19.0 Å². The summed E-state index contributed by atoms with van der Waals surface area (Å²) < 4.78 is 52.9. The van der Waals surface area contributed by atoms with Crippen molar-refractivity contribution in [1.82, 2.24) is 9.78 Å². The summed E-state index contributed by atoms with van der Waals surface area (Å²) in [6.07, 6.45) is 3.95. The summed E-state index contributed by atoms with van der Waals surface area (Å²) in [4.78, 5) is 0.0182. The number of hydrogen-bond acceptors (Lipinski definition) is 4. The highest BCUT2D eigenvalue weighted by atomic mass is 32.2. The fourth-order valence-corrected chi connectivity index (χ4v) is 3.26. The standard InChI is InChI=1S/C12H14FN3O3S2/c1-3-16-8-10(7-14-16)21(18,19)15-9-4-5-12(20(2)17)11(13)6-9/h4-8,15H,3H2,1-2H3/t20-/m0/s1. The molecule has 0 aliphatic heterocycles. The van der Waals surface area contributed by atoms with Crippen LogP contribution in [-0.4, -0.2) is 28.7 Å². The Morgan fingerprint density at radius 1 is 1.43 bits per heavy atom. The van der Waals surface area contributed by atoms with Crippen molar-refractivity contribution in [3.8, 4) is 0 Å². The minimum absolute atomic E-state index is 0.00657. The van der Waals surface area contributed by atoms with E-state index in [9.17, 15) is 17.0 Å². The van der Waals surface area contributed by atoms with Crippen LogP contribution in [-0.2, 0) is 27.4 Å². The highest BCUT2D eigenvalue weighted by molar-refractivity contribution is 7.92. The van der Waals surface area contributed by atoms with Gasteiger partial charge in [-0.3, -0.25) is 13.6 Å². The molecule has 1 aromatic heterocycles. The molecule has 21 heavy (non-hydrogen) atoms. The van der Waals surface area contributed by atoms with Crippen LogP contribution in [0.1, 0.15) is 6.92 Å². The Kier molecular flexibility index (Phi) is 4.43. The summed E-state index contributed by atoms with van der Waals surface area (Å²) in [5.41, 5.74) is 0.0611. The molecule has 2 rings (SSSR count). The molecular weight excluding hydrogens is 317 g/mol. The average molecular weight is 331 g/mol. The van der Waals surface area contributed by atoms with E-state index in [-0.39, 0.29) is 15.5 Å². The smallest absolute Gasteiger partial charge is 0.265 e. The maximum Gasteiger partial charge on any atom is 0.265 e. The second-order valence-corrected chi connectivity index (χ2v) is 7.27. The molecule has 0 unspecified atom stereocenters. The zero-order chi connectivity index (χ0) is 15.6. The summed E-state index contributed by atoms with van der Waals surface area (Å²) in [7, 11) is -5.30. The van der Waals surface area contributed by atoms with E-state index < -0.39 is 26.6 Å². The van der Waals surface area contributed by atoms with Gasteiger partial charge in [-0.05, 0) is 25.1 Å². The lowest BCUT2D eigenvalue weighted by Crippen LogP contribution is -2.12. The van der Waals surface area contributed by atoms with Crippen LogP contribution in [0, 0.1) is 5.82 Å². The Morgan fingerprint density at radius 3 is 2.67 bits per heavy atom. The molecule has 0 spiro atoms. The van der Waals surface area contributed by atoms with E-state index in [1.807, 2.05) is 6.92 Å². The molecule has 0 radical (unpaired) electrons. The first-order valence-corrected chi connectivity index (χ1v) is 9.06. The first kappa shape index (κ1) is 15.6. The van der Waals surface area contributed by atoms with Crippen LogP contribution in [0.15, 0.2) is 40.4 Å². The van der Waals surface area contributed by atoms with Crippen molar-refractivity contribution < 1.29 is 17.0 Å². The molecule has 114 valence electrons. The van der Waals surface area contributed by atoms with Gasteiger partial charge in [-0.15, -0.1) is 0 Å². The zero-order valence-electron chi connectivity index (χ0n) is 11.4. The number of aryl methyl sites for hydroxylation is 1. The number of aromatic nitrogens is 2. The minimum Gasteiger partial charge on any atom is -0.279 e. The Labute approximate surface area is 124 Å². The van der Waals surface area contributed by atoms with Crippen LogP contribution in [0.25, 0.3) is 0 Å². The lowest BCUT2D eigenvalue weighted by molar-refractivity contribution is 0.596. The second kappa shape index (κ2) is 5.94. The van der Waals surface area contributed by atoms with Crippen LogP contribution in [0.2, 0.25) is 0 Å². The molecule has 0 aliphatic carbocycles. The van der Waals surface area contributed by atoms with E-state index in [0.717, 1.165) is 6.07 Å². The predicted molar refractivity (Wildman–Crippen MR) is 77.4 cm³/mol. The van der Waals surface area contributed by atoms with Crippen LogP contribution in [0.4, 0.5) is 10.1 Å². The SMILES string of the molecule is CCn1cc(S(=O)(=O)Nc2ccc([S@](C)=O)c(F)c2)cn1. The lowest BCUT2D eigenvalue weighted by Gasteiger charge is -2.07. The maximum atomic E-state index is 13.7. The monoisotopic (exact) mass is 331 g/mol. The Balaban J connectivity index is 2.28. The molecular formula is C12H14FN3O3S2. The molecule has 0 amide bonds. The van der Waals surface area contributed by atoms with Gasteiger partial charge in [-0.1, -0.05) is 0 Å². The minimum atomic E-state index is -3.83. The molecule has 0 saturated carbocycles. The van der Waals surface area contributed by atoms with E-state index in [4.69, 9.17) is 0 Å². The third-order valence-corrected chi connectivity index (χ3v) is 5.02. The highest BCUT2D eigenvalue weighted by Crippen LogP contribution is 2.20. The van der Waals surface area contributed by atoms with Crippen molar-refractivity contribution in [2.45, 2.75) is 23.3 Å². The molecule has 2 aromatic rings. The van der Waals surface area contributed by atoms with E-state index in [1.165, 1.54) is 35.5 Å². The number of halogens is 1. The second-order valence-electron chi connectivity index (χ2n) is 4.24. The zero-order valence-corrected chi connectivity index (χ0v) is 13.0. The lowest BCUT2D eigenvalue weighted by atomic mass is 10.3. The molecule has 0 aliphatic rings. The van der Waals surface area contributed by atoms with Crippen molar-refractivity contribution in [2.24, 2.45) is 0 Å². The van der Waals surface area contributed by atoms with Gasteiger partial charge in [0.25, 0.3) is 10.0 Å². The Morgan fingerprint density at radius 2 is 2.14 bits per heavy atom. The molecule has 0 saturated heterocycles. The van der Waals surface area contributed by atoms with Gasteiger partial charge in [0.1, 0.15) is 10.7 Å². The topological polar surface area (TPSA) is 81.1 Å². The van der Waals surface area contributed by atoms with Gasteiger partial charge in [0.15, 0.2) is 0 Å². The molecule has 1 aromatic carbocycles. The van der Waals surface area contributed by atoms with Crippen molar-refractivity contribution in [3.63, 3.8) is 0 Å². The van der Waals surface area contributed by atoms with Crippen molar-refractivity contribution in [3.05, 3.63) is 36.4 Å². The maximum absolute atomic E-state index is 13.7. The quantitative estimate of drug-likeness (QED) is 0.902. The number of hydrogen-bond donors (Lipinski definition) is 1. The summed E-state index contributed by atoms with van der Waals surface area (Å²) in [6, 6.07) is 3.65. The van der Waals surface area contributed by atoms with Crippen LogP contribution in [0.3, 0.4) is 0 Å². The first-order valence-electron chi connectivity index (χ1n) is 6.01. The van der Waals surface area contributed by atoms with Crippen molar-refractivity contribution in [1.29, 1.82) is 0 Å². The van der Waals surface area contributed by atoms with Crippen LogP contribution in [0.5, 0.6) is 0 Å². The predicted octanol–water partition coefficient (Wildman–Crippen LogP) is 1.58. The van der Waals surface area contributed by atoms with Gasteiger partial charge in [-0.25, -0.2) is 12.8 Å². The third kappa shape index (κ3) is 3.48. The third-order valence-electron chi connectivity index (χ3n) is 2.74. The van der Waals surface area contributed by atoms with Gasteiger partial charge in [-0.2, -0.15) is 5.10 Å². The average Bonchev–Trinajstić information content (AvgIpc) is 2.87. The van der Waals surface area contributed by atoms with Crippen LogP contribution >= 0.6 is 0 Å². The number of nitrogens with one attached hydrogen (secondary N) is 1. The van der Waals surface area contributed by atoms with Gasteiger partial charge in [0.05, 0.1) is 27.6 Å². The first-order chi connectivity index (χ1) is 9.83. The number of benzene rings is 1. The number of rotatable bonds is 5. The number of anilines is 1. The van der Waals surface area contributed by atoms with Crippen molar-refractivity contribution in [2.75, 3.05) is 11.0 Å². The summed E-state index contributed by atoms with van der Waals surface area (Å²) in [6.45, 7) is 2.37. The van der Waals surface area contributed by atoms with E-state index >= 15 is 0 Å². The summed E-state index contributed by atoms with van der Waals surface area (Å²) in [5, 5.41) is 3.88.